The zero-order chi connectivity index (χ0) is 20.7. The van der Waals surface area contributed by atoms with Crippen LogP contribution in [0.1, 0.15) is 48.9 Å². The van der Waals surface area contributed by atoms with Gasteiger partial charge in [-0.05, 0) is 68.7 Å². The van der Waals surface area contributed by atoms with Crippen LogP contribution in [0, 0.1) is 11.8 Å². The lowest BCUT2D eigenvalue weighted by atomic mass is 9.68. The molecule has 4 atom stereocenters. The number of rotatable bonds is 2. The minimum Gasteiger partial charge on any atom is -0.465 e. The van der Waals surface area contributed by atoms with Gasteiger partial charge in [0.05, 0.1) is 18.7 Å². The fraction of sp³-hybridized carbons (Fsp3) is 0.583. The fourth-order valence-electron chi connectivity index (χ4n) is 6.24. The summed E-state index contributed by atoms with van der Waals surface area (Å²) in [5.74, 6) is 0.790. The third kappa shape index (κ3) is 3.51. The lowest BCUT2D eigenvalue weighted by Gasteiger charge is -2.54. The van der Waals surface area contributed by atoms with E-state index < -0.39 is 5.97 Å². The van der Waals surface area contributed by atoms with Crippen molar-refractivity contribution in [2.24, 2.45) is 11.8 Å². The molecule has 5 rings (SSSR count). The number of carbonyl (C=O) groups is 2. The lowest BCUT2D eigenvalue weighted by Crippen LogP contribution is -2.60. The number of fused-ring (bicyclic) bond motifs is 6. The van der Waals surface area contributed by atoms with Crippen LogP contribution in [0.4, 0.5) is 10.5 Å². The van der Waals surface area contributed by atoms with Gasteiger partial charge in [-0.2, -0.15) is 0 Å². The maximum Gasteiger partial charge on any atom is 0.337 e. The molecule has 6 nitrogen and oxygen atoms in total. The maximum absolute atomic E-state index is 13.3. The molecule has 3 aliphatic heterocycles. The largest absolute Gasteiger partial charge is 0.465 e. The Morgan fingerprint density at radius 1 is 1.17 bits per heavy atom. The molecule has 0 radical (unpaired) electrons. The number of carbonyl (C=O) groups excluding carboxylic acids is 2. The summed E-state index contributed by atoms with van der Waals surface area (Å²) in [7, 11) is 1.36. The summed E-state index contributed by atoms with van der Waals surface area (Å²) in [6.45, 7) is 3.11. The van der Waals surface area contributed by atoms with Crippen LogP contribution in [-0.2, 0) is 4.74 Å². The number of urea groups is 1. The van der Waals surface area contributed by atoms with Crippen molar-refractivity contribution in [3.8, 4) is 0 Å². The first-order valence-electron chi connectivity index (χ1n) is 11.3. The first kappa shape index (κ1) is 19.6. The second-order valence-electron chi connectivity index (χ2n) is 9.20. The number of benzene rings is 1. The third-order valence-electron chi connectivity index (χ3n) is 7.45. The summed E-state index contributed by atoms with van der Waals surface area (Å²) < 4.78 is 4.80. The molecule has 1 aromatic rings. The summed E-state index contributed by atoms with van der Waals surface area (Å²) in [5.41, 5.74) is 2.55. The molecule has 3 heterocycles. The molecule has 30 heavy (non-hydrogen) atoms. The average molecular weight is 410 g/mol. The normalized spacial score (nSPS) is 30.6. The van der Waals surface area contributed by atoms with Crippen LogP contribution >= 0.6 is 0 Å². The second kappa shape index (κ2) is 8.06. The van der Waals surface area contributed by atoms with Gasteiger partial charge in [0, 0.05) is 24.8 Å². The van der Waals surface area contributed by atoms with Crippen molar-refractivity contribution in [3.05, 3.63) is 41.5 Å². The Labute approximate surface area is 178 Å². The molecule has 0 aromatic heterocycles. The lowest BCUT2D eigenvalue weighted by molar-refractivity contribution is 0.00908. The first-order valence-corrected chi connectivity index (χ1v) is 11.3. The van der Waals surface area contributed by atoms with E-state index in [1.165, 1.54) is 44.9 Å². The van der Waals surface area contributed by atoms with Gasteiger partial charge < -0.3 is 15.0 Å². The van der Waals surface area contributed by atoms with Crippen LogP contribution in [0.15, 0.2) is 35.9 Å². The van der Waals surface area contributed by atoms with Crippen LogP contribution in [0.3, 0.4) is 0 Å². The van der Waals surface area contributed by atoms with Crippen LogP contribution in [0.2, 0.25) is 0 Å². The van der Waals surface area contributed by atoms with Gasteiger partial charge in [-0.15, -0.1) is 0 Å². The molecule has 2 bridgehead atoms. The smallest absolute Gasteiger partial charge is 0.337 e. The highest BCUT2D eigenvalue weighted by atomic mass is 16.5. The Morgan fingerprint density at radius 2 is 2.07 bits per heavy atom. The molecule has 1 N–H and O–H groups in total. The number of nitrogens with zero attached hydrogens (tertiary/aromatic N) is 2. The molecule has 1 aliphatic carbocycles. The topological polar surface area (TPSA) is 61.9 Å². The zero-order valence-corrected chi connectivity index (χ0v) is 17.7. The third-order valence-corrected chi connectivity index (χ3v) is 7.45. The molecule has 0 spiro atoms. The summed E-state index contributed by atoms with van der Waals surface area (Å²) in [4.78, 5) is 29.8. The summed E-state index contributed by atoms with van der Waals surface area (Å²) in [6.07, 6.45) is 9.86. The van der Waals surface area contributed by atoms with Crippen molar-refractivity contribution in [1.82, 2.24) is 9.80 Å². The van der Waals surface area contributed by atoms with Crippen molar-refractivity contribution in [2.45, 2.75) is 50.6 Å². The van der Waals surface area contributed by atoms with Gasteiger partial charge in [-0.1, -0.05) is 24.1 Å². The van der Waals surface area contributed by atoms with Crippen LogP contribution in [0.25, 0.3) is 0 Å². The molecule has 0 unspecified atom stereocenters. The molecule has 0 saturated carbocycles. The van der Waals surface area contributed by atoms with Gasteiger partial charge in [-0.3, -0.25) is 4.90 Å². The SMILES string of the molecule is COC(=O)c1cccc(NC(=O)N2CCCC3=C[C@@H]4C[C@H](CN5CCCC[C@@H]45)[C@H]32)c1. The Morgan fingerprint density at radius 3 is 2.93 bits per heavy atom. The van der Waals surface area contributed by atoms with Crippen molar-refractivity contribution < 1.29 is 14.3 Å². The van der Waals surface area contributed by atoms with E-state index in [0.29, 0.717) is 29.1 Å². The quantitative estimate of drug-likeness (QED) is 0.594. The number of amides is 2. The number of esters is 1. The number of ether oxygens (including phenoxy) is 1. The number of likely N-dealkylation sites (tertiary alicyclic amines) is 1. The Kier molecular flexibility index (Phi) is 5.27. The van der Waals surface area contributed by atoms with E-state index in [0.717, 1.165) is 25.9 Å². The van der Waals surface area contributed by atoms with E-state index in [-0.39, 0.29) is 12.1 Å². The van der Waals surface area contributed by atoms with Crippen LogP contribution in [-0.4, -0.2) is 60.6 Å². The van der Waals surface area contributed by atoms with Crippen LogP contribution in [0.5, 0.6) is 0 Å². The second-order valence-corrected chi connectivity index (χ2v) is 9.20. The molecular formula is C24H31N3O3. The molecule has 3 fully saturated rings. The van der Waals surface area contributed by atoms with E-state index in [1.54, 1.807) is 18.2 Å². The average Bonchev–Trinajstić information content (AvgIpc) is 2.78. The molecule has 3 saturated heterocycles. The van der Waals surface area contributed by atoms with E-state index in [4.69, 9.17) is 4.74 Å². The highest BCUT2D eigenvalue weighted by molar-refractivity contribution is 5.94. The van der Waals surface area contributed by atoms with Gasteiger partial charge in [0.2, 0.25) is 0 Å². The Hall–Kier alpha value is -2.34. The monoisotopic (exact) mass is 409 g/mol. The highest BCUT2D eigenvalue weighted by Crippen LogP contribution is 2.45. The van der Waals surface area contributed by atoms with Gasteiger partial charge in [-0.25, -0.2) is 9.59 Å². The minimum atomic E-state index is -0.397. The van der Waals surface area contributed by atoms with Crippen molar-refractivity contribution in [1.29, 1.82) is 0 Å². The number of hydrogen-bond donors (Lipinski definition) is 1. The van der Waals surface area contributed by atoms with Crippen molar-refractivity contribution in [3.63, 3.8) is 0 Å². The molecule has 2 amide bonds. The van der Waals surface area contributed by atoms with Gasteiger partial charge in [0.25, 0.3) is 0 Å². The fourth-order valence-corrected chi connectivity index (χ4v) is 6.24. The molecule has 160 valence electrons. The standard InChI is InChI=1S/C24H31N3O3/c1-30-23(28)17-6-4-8-20(14-17)25-24(29)27-11-5-7-16-12-18-13-19(22(16)27)15-26-10-3-2-9-21(18)26/h4,6,8,12,14,18-19,21-22H,2-3,5,7,9-11,13,15H2,1H3,(H,25,29)/t18-,19-,21+,22+/m1/s1. The summed E-state index contributed by atoms with van der Waals surface area (Å²) in [6, 6.07) is 7.83. The number of anilines is 1. The van der Waals surface area contributed by atoms with Gasteiger partial charge >= 0.3 is 12.0 Å². The molecule has 6 heteroatoms. The van der Waals surface area contributed by atoms with Crippen molar-refractivity contribution in [2.75, 3.05) is 32.1 Å². The maximum atomic E-state index is 13.3. The predicted octanol–water partition coefficient (Wildman–Crippen LogP) is 3.90. The number of piperidine rings is 3. The van der Waals surface area contributed by atoms with E-state index in [9.17, 15) is 9.59 Å². The molecular weight excluding hydrogens is 378 g/mol. The van der Waals surface area contributed by atoms with E-state index >= 15 is 0 Å². The number of nitrogens with one attached hydrogen (secondary N) is 1. The van der Waals surface area contributed by atoms with Gasteiger partial charge in [0.1, 0.15) is 0 Å². The number of methoxy groups -OCH3 is 1. The van der Waals surface area contributed by atoms with E-state index in [1.807, 2.05) is 11.0 Å². The number of hydrogen-bond acceptors (Lipinski definition) is 4. The molecule has 1 aromatic carbocycles. The first-order chi connectivity index (χ1) is 14.6. The van der Waals surface area contributed by atoms with Gasteiger partial charge in [0.15, 0.2) is 0 Å². The minimum absolute atomic E-state index is 0.0631. The van der Waals surface area contributed by atoms with Crippen molar-refractivity contribution >= 4 is 17.7 Å². The Balaban J connectivity index is 1.36. The molecule has 4 aliphatic rings. The predicted molar refractivity (Wildman–Crippen MR) is 115 cm³/mol. The summed E-state index contributed by atoms with van der Waals surface area (Å²) in [5, 5.41) is 3.03. The zero-order valence-electron chi connectivity index (χ0n) is 17.7. The highest BCUT2D eigenvalue weighted by Gasteiger charge is 2.46. The Bertz CT molecular complexity index is 867. The van der Waals surface area contributed by atoms with Crippen LogP contribution < -0.4 is 5.32 Å². The summed E-state index contributed by atoms with van der Waals surface area (Å²) >= 11 is 0. The van der Waals surface area contributed by atoms with E-state index in [2.05, 4.69) is 16.3 Å².